The van der Waals surface area contributed by atoms with Crippen LogP contribution in [0.5, 0.6) is 0 Å². The summed E-state index contributed by atoms with van der Waals surface area (Å²) in [5.74, 6) is 0. The molecule has 1 saturated heterocycles. The molecule has 94 valence electrons. The van der Waals surface area contributed by atoms with Gasteiger partial charge in [0.1, 0.15) is 6.10 Å². The minimum atomic E-state index is 0.150. The monoisotopic (exact) mass is 235 g/mol. The molecule has 1 heterocycles. The van der Waals surface area contributed by atoms with E-state index < -0.39 is 0 Å². The number of ether oxygens (including phenoxy) is 2. The molecule has 17 heavy (non-hydrogen) atoms. The molecule has 2 unspecified atom stereocenters. The molecule has 0 saturated carbocycles. The molecule has 1 aromatic rings. The second-order valence-electron chi connectivity index (χ2n) is 4.68. The second kappa shape index (κ2) is 5.63. The molecule has 0 amide bonds. The number of nitrogens with one attached hydrogen (secondary N) is 1. The lowest BCUT2D eigenvalue weighted by molar-refractivity contribution is -0.156. The van der Waals surface area contributed by atoms with Crippen LogP contribution in [0.2, 0.25) is 0 Å². The van der Waals surface area contributed by atoms with Crippen molar-refractivity contribution in [3.05, 3.63) is 35.4 Å². The van der Waals surface area contributed by atoms with Crippen molar-refractivity contribution < 1.29 is 9.47 Å². The highest BCUT2D eigenvalue weighted by atomic mass is 16.6. The molecule has 1 fully saturated rings. The molecule has 1 aliphatic rings. The van der Waals surface area contributed by atoms with Crippen molar-refractivity contribution in [2.45, 2.75) is 32.1 Å². The molecule has 3 heteroatoms. The van der Waals surface area contributed by atoms with Crippen molar-refractivity contribution in [3.63, 3.8) is 0 Å². The molecule has 0 bridgehead atoms. The highest BCUT2D eigenvalue weighted by molar-refractivity contribution is 5.24. The zero-order valence-corrected chi connectivity index (χ0v) is 10.8. The first-order chi connectivity index (χ1) is 8.20. The quantitative estimate of drug-likeness (QED) is 0.847. The van der Waals surface area contributed by atoms with Crippen LogP contribution in [0.15, 0.2) is 24.3 Å². The SMILES string of the molecule is CNC(c1ccc(C)cc1)C(C)OC1COC1. The molecule has 0 aliphatic carbocycles. The maximum Gasteiger partial charge on any atom is 0.105 e. The Bertz CT molecular complexity index is 346. The highest BCUT2D eigenvalue weighted by Crippen LogP contribution is 2.22. The van der Waals surface area contributed by atoms with Gasteiger partial charge in [0.2, 0.25) is 0 Å². The van der Waals surface area contributed by atoms with Crippen LogP contribution in [-0.4, -0.2) is 32.5 Å². The number of aryl methyl sites for hydroxylation is 1. The molecule has 1 aliphatic heterocycles. The third kappa shape index (κ3) is 3.06. The highest BCUT2D eigenvalue weighted by Gasteiger charge is 2.26. The molecule has 1 N–H and O–H groups in total. The van der Waals surface area contributed by atoms with Gasteiger partial charge in [-0.25, -0.2) is 0 Å². The number of benzene rings is 1. The third-order valence-electron chi connectivity index (χ3n) is 3.23. The Morgan fingerprint density at radius 3 is 2.41 bits per heavy atom. The lowest BCUT2D eigenvalue weighted by Gasteiger charge is -2.33. The summed E-state index contributed by atoms with van der Waals surface area (Å²) in [6.07, 6.45) is 0.419. The topological polar surface area (TPSA) is 30.5 Å². The number of rotatable bonds is 5. The molecule has 2 rings (SSSR count). The summed E-state index contributed by atoms with van der Waals surface area (Å²) in [5, 5.41) is 3.33. The summed E-state index contributed by atoms with van der Waals surface area (Å²) in [7, 11) is 1.97. The lowest BCUT2D eigenvalue weighted by atomic mass is 10.0. The zero-order chi connectivity index (χ0) is 12.3. The lowest BCUT2D eigenvalue weighted by Crippen LogP contribution is -2.41. The van der Waals surface area contributed by atoms with Crippen molar-refractivity contribution >= 4 is 0 Å². The van der Waals surface area contributed by atoms with E-state index in [0.717, 1.165) is 13.2 Å². The minimum Gasteiger partial charge on any atom is -0.376 e. The fourth-order valence-corrected chi connectivity index (χ4v) is 2.12. The Balaban J connectivity index is 2.00. The number of likely N-dealkylation sites (N-methyl/N-ethyl adjacent to an activating group) is 1. The Hall–Kier alpha value is -0.900. The van der Waals surface area contributed by atoms with E-state index in [4.69, 9.17) is 9.47 Å². The van der Waals surface area contributed by atoms with Crippen LogP contribution < -0.4 is 5.32 Å². The minimum absolute atomic E-state index is 0.150. The smallest absolute Gasteiger partial charge is 0.105 e. The Morgan fingerprint density at radius 1 is 1.29 bits per heavy atom. The van der Waals surface area contributed by atoms with E-state index in [1.54, 1.807) is 0 Å². The van der Waals surface area contributed by atoms with E-state index in [1.807, 2.05) is 7.05 Å². The van der Waals surface area contributed by atoms with Crippen molar-refractivity contribution in [3.8, 4) is 0 Å². The molecule has 0 radical (unpaired) electrons. The van der Waals surface area contributed by atoms with E-state index in [1.165, 1.54) is 11.1 Å². The van der Waals surface area contributed by atoms with Gasteiger partial charge in [-0.3, -0.25) is 0 Å². The predicted octanol–water partition coefficient (Wildman–Crippen LogP) is 2.06. The Labute approximate surface area is 103 Å². The van der Waals surface area contributed by atoms with Crippen molar-refractivity contribution in [2.75, 3.05) is 20.3 Å². The number of hydrogen-bond acceptors (Lipinski definition) is 3. The molecule has 0 aromatic heterocycles. The van der Waals surface area contributed by atoms with Crippen LogP contribution >= 0.6 is 0 Å². The first-order valence-electron chi connectivity index (χ1n) is 6.17. The summed E-state index contributed by atoms with van der Waals surface area (Å²) in [6.45, 7) is 5.67. The fourth-order valence-electron chi connectivity index (χ4n) is 2.12. The molecule has 3 nitrogen and oxygen atoms in total. The maximum atomic E-state index is 5.94. The predicted molar refractivity (Wildman–Crippen MR) is 68.1 cm³/mol. The average Bonchev–Trinajstić information content (AvgIpc) is 2.27. The van der Waals surface area contributed by atoms with Gasteiger partial charge in [-0.15, -0.1) is 0 Å². The van der Waals surface area contributed by atoms with Gasteiger partial charge >= 0.3 is 0 Å². The van der Waals surface area contributed by atoms with Crippen LogP contribution in [0.3, 0.4) is 0 Å². The Morgan fingerprint density at radius 2 is 1.94 bits per heavy atom. The van der Waals surface area contributed by atoms with E-state index in [9.17, 15) is 0 Å². The van der Waals surface area contributed by atoms with Crippen molar-refractivity contribution in [1.82, 2.24) is 5.32 Å². The van der Waals surface area contributed by atoms with Crippen LogP contribution in [-0.2, 0) is 9.47 Å². The van der Waals surface area contributed by atoms with E-state index in [2.05, 4.69) is 43.4 Å². The van der Waals surface area contributed by atoms with Gasteiger partial charge in [-0.05, 0) is 26.5 Å². The summed E-state index contributed by atoms with van der Waals surface area (Å²) >= 11 is 0. The number of hydrogen-bond donors (Lipinski definition) is 1. The van der Waals surface area contributed by atoms with Gasteiger partial charge in [-0.2, -0.15) is 0 Å². The van der Waals surface area contributed by atoms with Crippen LogP contribution in [0.4, 0.5) is 0 Å². The van der Waals surface area contributed by atoms with Gasteiger partial charge in [0.15, 0.2) is 0 Å². The molecule has 1 aromatic carbocycles. The van der Waals surface area contributed by atoms with Crippen LogP contribution in [0.1, 0.15) is 24.1 Å². The second-order valence-corrected chi connectivity index (χ2v) is 4.68. The average molecular weight is 235 g/mol. The fraction of sp³-hybridized carbons (Fsp3) is 0.571. The summed E-state index contributed by atoms with van der Waals surface area (Å²) in [6, 6.07) is 8.83. The Kier molecular flexibility index (Phi) is 4.15. The summed E-state index contributed by atoms with van der Waals surface area (Å²) < 4.78 is 11.1. The zero-order valence-electron chi connectivity index (χ0n) is 10.8. The summed E-state index contributed by atoms with van der Waals surface area (Å²) in [5.41, 5.74) is 2.55. The summed E-state index contributed by atoms with van der Waals surface area (Å²) in [4.78, 5) is 0. The molecular weight excluding hydrogens is 214 g/mol. The van der Waals surface area contributed by atoms with Crippen LogP contribution in [0.25, 0.3) is 0 Å². The van der Waals surface area contributed by atoms with Gasteiger partial charge in [0.05, 0.1) is 25.4 Å². The maximum absolute atomic E-state index is 5.94. The van der Waals surface area contributed by atoms with Gasteiger partial charge in [0, 0.05) is 0 Å². The standard InChI is InChI=1S/C14H21NO2/c1-10-4-6-12(7-5-10)14(15-3)11(2)17-13-8-16-9-13/h4-7,11,13-15H,8-9H2,1-3H3. The van der Waals surface area contributed by atoms with Crippen molar-refractivity contribution in [1.29, 1.82) is 0 Å². The van der Waals surface area contributed by atoms with E-state index in [0.29, 0.717) is 0 Å². The first-order valence-corrected chi connectivity index (χ1v) is 6.17. The van der Waals surface area contributed by atoms with Gasteiger partial charge in [0.25, 0.3) is 0 Å². The first kappa shape index (κ1) is 12.6. The van der Waals surface area contributed by atoms with Crippen molar-refractivity contribution in [2.24, 2.45) is 0 Å². The molecule has 2 atom stereocenters. The molecule has 0 spiro atoms. The van der Waals surface area contributed by atoms with Gasteiger partial charge in [-0.1, -0.05) is 29.8 Å². The molecular formula is C14H21NO2. The van der Waals surface area contributed by atoms with E-state index >= 15 is 0 Å². The normalized spacial score (nSPS) is 19.7. The third-order valence-corrected chi connectivity index (χ3v) is 3.23. The van der Waals surface area contributed by atoms with Gasteiger partial charge < -0.3 is 14.8 Å². The van der Waals surface area contributed by atoms with E-state index in [-0.39, 0.29) is 18.2 Å². The largest absolute Gasteiger partial charge is 0.376 e. The van der Waals surface area contributed by atoms with Crippen LogP contribution in [0, 0.1) is 6.92 Å².